The van der Waals surface area contributed by atoms with Crippen molar-refractivity contribution in [1.29, 1.82) is 0 Å². The first-order chi connectivity index (χ1) is 6.47. The van der Waals surface area contributed by atoms with Crippen LogP contribution in [-0.4, -0.2) is 12.8 Å². The molecule has 0 aliphatic carbocycles. The standard InChI is InChI=1S/C10H10BNO2/c1-4-10(6-5-8(2)11)7-9(3)12(13)14/h1,5-7H,2-3H3/b8-5+,9-7-,10-6+. The topological polar surface area (TPSA) is 43.1 Å². The largest absolute Gasteiger partial charge is 0.259 e. The van der Waals surface area contributed by atoms with E-state index in [2.05, 4.69) is 5.92 Å². The summed E-state index contributed by atoms with van der Waals surface area (Å²) < 4.78 is 0. The van der Waals surface area contributed by atoms with E-state index in [9.17, 15) is 10.1 Å². The third-order valence-electron chi connectivity index (χ3n) is 1.34. The maximum absolute atomic E-state index is 10.3. The molecule has 0 heterocycles. The van der Waals surface area contributed by atoms with E-state index in [0.29, 0.717) is 11.0 Å². The Hall–Kier alpha value is -1.76. The second kappa shape index (κ2) is 5.82. The molecule has 0 bridgehead atoms. The monoisotopic (exact) mass is 187 g/mol. The highest BCUT2D eigenvalue weighted by Gasteiger charge is 2.01. The molecule has 0 aromatic rings. The van der Waals surface area contributed by atoms with Gasteiger partial charge in [-0.3, -0.25) is 10.1 Å². The number of terminal acetylenes is 1. The zero-order valence-corrected chi connectivity index (χ0v) is 8.15. The van der Waals surface area contributed by atoms with E-state index in [0.717, 1.165) is 0 Å². The molecule has 0 spiro atoms. The zero-order valence-electron chi connectivity index (χ0n) is 8.15. The Morgan fingerprint density at radius 3 is 2.43 bits per heavy atom. The van der Waals surface area contributed by atoms with Gasteiger partial charge in [-0.05, 0) is 6.08 Å². The van der Waals surface area contributed by atoms with Crippen LogP contribution in [-0.2, 0) is 0 Å². The molecule has 4 heteroatoms. The molecule has 0 saturated carbocycles. The number of rotatable bonds is 3. The lowest BCUT2D eigenvalue weighted by Gasteiger charge is -1.91. The van der Waals surface area contributed by atoms with Crippen molar-refractivity contribution in [3.8, 4) is 12.3 Å². The second-order valence-electron chi connectivity index (χ2n) is 2.72. The molecule has 70 valence electrons. The van der Waals surface area contributed by atoms with Crippen molar-refractivity contribution in [1.82, 2.24) is 0 Å². The van der Waals surface area contributed by atoms with E-state index >= 15 is 0 Å². The van der Waals surface area contributed by atoms with Gasteiger partial charge in [0.25, 0.3) is 0 Å². The number of nitrogens with zero attached hydrogens (tertiary/aromatic N) is 1. The van der Waals surface area contributed by atoms with Crippen molar-refractivity contribution in [3.05, 3.63) is 45.1 Å². The van der Waals surface area contributed by atoms with Gasteiger partial charge < -0.3 is 0 Å². The van der Waals surface area contributed by atoms with Gasteiger partial charge in [0, 0.05) is 18.6 Å². The molecule has 0 aromatic heterocycles. The summed E-state index contributed by atoms with van der Waals surface area (Å²) in [6.07, 6.45) is 9.62. The van der Waals surface area contributed by atoms with Crippen LogP contribution >= 0.6 is 0 Å². The summed E-state index contributed by atoms with van der Waals surface area (Å²) in [6.45, 7) is 3.08. The van der Waals surface area contributed by atoms with E-state index in [-0.39, 0.29) is 5.70 Å². The van der Waals surface area contributed by atoms with Crippen LogP contribution in [0.3, 0.4) is 0 Å². The highest BCUT2D eigenvalue weighted by atomic mass is 16.6. The molecule has 0 amide bonds. The van der Waals surface area contributed by atoms with Gasteiger partial charge in [-0.2, -0.15) is 0 Å². The van der Waals surface area contributed by atoms with Gasteiger partial charge in [0.1, 0.15) is 7.85 Å². The molecule has 0 fully saturated rings. The van der Waals surface area contributed by atoms with Crippen LogP contribution in [0.1, 0.15) is 13.8 Å². The summed E-state index contributed by atoms with van der Waals surface area (Å²) in [5, 5.41) is 10.3. The Labute approximate surface area is 84.8 Å². The minimum atomic E-state index is -0.496. The van der Waals surface area contributed by atoms with Crippen LogP contribution in [0.25, 0.3) is 0 Å². The minimum Gasteiger partial charge on any atom is -0.259 e. The Bertz CT molecular complexity index is 355. The maximum Gasteiger partial charge on any atom is 0.244 e. The van der Waals surface area contributed by atoms with Crippen LogP contribution in [0.15, 0.2) is 35.0 Å². The van der Waals surface area contributed by atoms with E-state index in [1.165, 1.54) is 13.0 Å². The molecule has 0 rings (SSSR count). The van der Waals surface area contributed by atoms with Crippen molar-refractivity contribution < 1.29 is 4.92 Å². The normalized spacial score (nSPS) is 13.6. The molecule has 0 atom stereocenters. The SMILES string of the molecule is [B]/C(C)=C/C=C(C#C)/C=C(/C)[N+](=O)[O-]. The third-order valence-corrected chi connectivity index (χ3v) is 1.34. The van der Waals surface area contributed by atoms with Crippen LogP contribution in [0.4, 0.5) is 0 Å². The molecule has 14 heavy (non-hydrogen) atoms. The van der Waals surface area contributed by atoms with Crippen molar-refractivity contribution >= 4 is 7.85 Å². The number of hydrogen-bond donors (Lipinski definition) is 0. The van der Waals surface area contributed by atoms with Crippen LogP contribution in [0.5, 0.6) is 0 Å². The number of hydrogen-bond acceptors (Lipinski definition) is 2. The van der Waals surface area contributed by atoms with Gasteiger partial charge in [-0.25, -0.2) is 0 Å². The average molecular weight is 187 g/mol. The lowest BCUT2D eigenvalue weighted by atomic mass is 9.97. The van der Waals surface area contributed by atoms with Gasteiger partial charge in [-0.15, -0.1) is 11.9 Å². The van der Waals surface area contributed by atoms with E-state index in [4.69, 9.17) is 14.3 Å². The first-order valence-electron chi connectivity index (χ1n) is 3.90. The van der Waals surface area contributed by atoms with Crippen molar-refractivity contribution in [2.45, 2.75) is 13.8 Å². The Morgan fingerprint density at radius 2 is 2.07 bits per heavy atom. The van der Waals surface area contributed by atoms with Crippen LogP contribution in [0, 0.1) is 22.5 Å². The zero-order chi connectivity index (χ0) is 11.1. The first-order valence-corrected chi connectivity index (χ1v) is 3.90. The fraction of sp³-hybridized carbons (Fsp3) is 0.200. The molecule has 0 unspecified atom stereocenters. The molecule has 3 nitrogen and oxygen atoms in total. The lowest BCUT2D eigenvalue weighted by molar-refractivity contribution is -0.424. The summed E-state index contributed by atoms with van der Waals surface area (Å²) in [5.41, 5.74) is 1.01. The summed E-state index contributed by atoms with van der Waals surface area (Å²) in [6, 6.07) is 0. The summed E-state index contributed by atoms with van der Waals surface area (Å²) >= 11 is 0. The molecule has 2 radical (unpaired) electrons. The predicted octanol–water partition coefficient (Wildman–Crippen LogP) is 1.80. The quantitative estimate of drug-likeness (QED) is 0.222. The first kappa shape index (κ1) is 12.2. The Balaban J connectivity index is 4.88. The Kier molecular flexibility index (Phi) is 5.09. The number of allylic oxidation sites excluding steroid dienone is 6. The average Bonchev–Trinajstić information content (AvgIpc) is 2.11. The number of nitro groups is 1. The molecular weight excluding hydrogens is 177 g/mol. The molecule has 0 saturated heterocycles. The van der Waals surface area contributed by atoms with Crippen molar-refractivity contribution in [2.75, 3.05) is 0 Å². The summed E-state index contributed by atoms with van der Waals surface area (Å²) in [7, 11) is 5.38. The van der Waals surface area contributed by atoms with Gasteiger partial charge >= 0.3 is 0 Å². The molecule has 0 N–H and O–H groups in total. The third kappa shape index (κ3) is 4.99. The lowest BCUT2D eigenvalue weighted by Crippen LogP contribution is -1.93. The van der Waals surface area contributed by atoms with E-state index < -0.39 is 4.92 Å². The smallest absolute Gasteiger partial charge is 0.244 e. The van der Waals surface area contributed by atoms with Crippen molar-refractivity contribution in [3.63, 3.8) is 0 Å². The van der Waals surface area contributed by atoms with Crippen LogP contribution in [0.2, 0.25) is 0 Å². The van der Waals surface area contributed by atoms with Crippen LogP contribution < -0.4 is 0 Å². The van der Waals surface area contributed by atoms with Gasteiger partial charge in [0.05, 0.1) is 4.92 Å². The minimum absolute atomic E-state index is 0.00252. The fourth-order valence-electron chi connectivity index (χ4n) is 0.637. The van der Waals surface area contributed by atoms with Crippen molar-refractivity contribution in [2.24, 2.45) is 0 Å². The van der Waals surface area contributed by atoms with Gasteiger partial charge in [0.15, 0.2) is 0 Å². The highest BCUT2D eigenvalue weighted by molar-refractivity contribution is 6.21. The van der Waals surface area contributed by atoms with E-state index in [1.54, 1.807) is 19.1 Å². The predicted molar refractivity (Wildman–Crippen MR) is 57.2 cm³/mol. The van der Waals surface area contributed by atoms with E-state index in [1.807, 2.05) is 0 Å². The summed E-state index contributed by atoms with van der Waals surface area (Å²) in [4.78, 5) is 9.79. The van der Waals surface area contributed by atoms with Gasteiger partial charge in [0.2, 0.25) is 5.70 Å². The summed E-state index contributed by atoms with van der Waals surface area (Å²) in [5.74, 6) is 2.32. The Morgan fingerprint density at radius 1 is 1.50 bits per heavy atom. The maximum atomic E-state index is 10.3. The fourth-order valence-corrected chi connectivity index (χ4v) is 0.637. The molecular formula is C10H10BNO2. The molecule has 0 aromatic carbocycles. The van der Waals surface area contributed by atoms with Gasteiger partial charge in [-0.1, -0.05) is 18.9 Å². The molecule has 0 aliphatic heterocycles. The second-order valence-corrected chi connectivity index (χ2v) is 2.72. The highest BCUT2D eigenvalue weighted by Crippen LogP contribution is 2.03. The molecule has 0 aliphatic rings.